The fourth-order valence-electron chi connectivity index (χ4n) is 2.80. The van der Waals surface area contributed by atoms with Gasteiger partial charge in [-0.15, -0.1) is 0 Å². The van der Waals surface area contributed by atoms with Crippen molar-refractivity contribution in [3.8, 4) is 0 Å². The van der Waals surface area contributed by atoms with Gasteiger partial charge in [-0.2, -0.15) is 0 Å². The van der Waals surface area contributed by atoms with Crippen LogP contribution in [0.5, 0.6) is 0 Å². The van der Waals surface area contributed by atoms with Crippen molar-refractivity contribution in [3.63, 3.8) is 0 Å². The molecule has 0 saturated carbocycles. The topological polar surface area (TPSA) is 119 Å². The zero-order chi connectivity index (χ0) is 23.6. The third kappa shape index (κ3) is 8.60. The summed E-state index contributed by atoms with van der Waals surface area (Å²) in [5.41, 5.74) is 2.39. The predicted octanol–water partition coefficient (Wildman–Crippen LogP) is 2.16. The Balaban J connectivity index is 1.71. The second-order valence-corrected chi connectivity index (χ2v) is 9.10. The first-order valence-corrected chi connectivity index (χ1v) is 11.7. The molecular formula is C23H28N2O6S. The molecule has 0 aliphatic carbocycles. The summed E-state index contributed by atoms with van der Waals surface area (Å²) < 4.78 is 31.7. The van der Waals surface area contributed by atoms with Crippen LogP contribution in [0.15, 0.2) is 53.4 Å². The molecule has 1 amide bonds. The van der Waals surface area contributed by atoms with Crippen LogP contribution in [-0.2, 0) is 30.8 Å². The maximum atomic E-state index is 12.2. The minimum Gasteiger partial charge on any atom is -0.457 e. The van der Waals surface area contributed by atoms with Crippen molar-refractivity contribution in [1.29, 1.82) is 0 Å². The third-order valence-electron chi connectivity index (χ3n) is 4.61. The minimum atomic E-state index is -3.71. The van der Waals surface area contributed by atoms with E-state index in [1.54, 1.807) is 24.3 Å². The van der Waals surface area contributed by atoms with Gasteiger partial charge in [-0.05, 0) is 37.5 Å². The van der Waals surface area contributed by atoms with Crippen LogP contribution in [0.1, 0.15) is 41.3 Å². The molecule has 0 bridgehead atoms. The number of benzene rings is 2. The van der Waals surface area contributed by atoms with Gasteiger partial charge in [-0.1, -0.05) is 42.0 Å². The Morgan fingerprint density at radius 3 is 2.22 bits per heavy atom. The highest BCUT2D eigenvalue weighted by Crippen LogP contribution is 2.10. The lowest BCUT2D eigenvalue weighted by molar-refractivity contribution is -0.142. The van der Waals surface area contributed by atoms with Crippen molar-refractivity contribution < 1.29 is 27.5 Å². The molecule has 0 aliphatic rings. The minimum absolute atomic E-state index is 0.0656. The molecule has 0 saturated heterocycles. The first-order chi connectivity index (χ1) is 15.2. The van der Waals surface area contributed by atoms with E-state index in [1.807, 2.05) is 19.1 Å². The Morgan fingerprint density at radius 1 is 0.938 bits per heavy atom. The van der Waals surface area contributed by atoms with Gasteiger partial charge < -0.3 is 10.1 Å². The van der Waals surface area contributed by atoms with Crippen LogP contribution in [0, 0.1) is 6.92 Å². The van der Waals surface area contributed by atoms with E-state index in [0.717, 1.165) is 24.0 Å². The fourth-order valence-corrected chi connectivity index (χ4v) is 3.84. The highest BCUT2D eigenvalue weighted by atomic mass is 32.2. The number of amides is 1. The van der Waals surface area contributed by atoms with Gasteiger partial charge in [0.25, 0.3) is 0 Å². The quantitative estimate of drug-likeness (QED) is 0.285. The van der Waals surface area contributed by atoms with Crippen LogP contribution < -0.4 is 10.0 Å². The number of hydrogen-bond acceptors (Lipinski definition) is 6. The smallest absolute Gasteiger partial charge is 0.307 e. The highest BCUT2D eigenvalue weighted by Gasteiger charge is 2.15. The second kappa shape index (κ2) is 12.1. The summed E-state index contributed by atoms with van der Waals surface area (Å²) in [5, 5.41) is 2.73. The van der Waals surface area contributed by atoms with Crippen LogP contribution in [0.4, 0.5) is 0 Å². The molecule has 0 unspecified atom stereocenters. The maximum absolute atomic E-state index is 12.2. The number of ether oxygens (including phenoxy) is 1. The summed E-state index contributed by atoms with van der Waals surface area (Å²) in [4.78, 5) is 35.0. The number of esters is 1. The number of carbonyl (C=O) groups excluding carboxylic acids is 3. The molecule has 172 valence electrons. The fraction of sp³-hybridized carbons (Fsp3) is 0.348. The Morgan fingerprint density at radius 2 is 1.59 bits per heavy atom. The van der Waals surface area contributed by atoms with Gasteiger partial charge in [0.2, 0.25) is 15.9 Å². The number of rotatable bonds is 12. The third-order valence-corrected chi connectivity index (χ3v) is 6.09. The molecule has 0 aromatic heterocycles. The molecule has 8 nitrogen and oxygen atoms in total. The first-order valence-electron chi connectivity index (χ1n) is 10.3. The molecule has 0 heterocycles. The van der Waals surface area contributed by atoms with Gasteiger partial charge in [0, 0.05) is 25.6 Å². The molecule has 2 N–H and O–H groups in total. The molecule has 2 aromatic carbocycles. The number of hydrogen-bond donors (Lipinski definition) is 2. The highest BCUT2D eigenvalue weighted by molar-refractivity contribution is 7.89. The Kier molecular flexibility index (Phi) is 9.55. The predicted molar refractivity (Wildman–Crippen MR) is 120 cm³/mol. The van der Waals surface area contributed by atoms with Gasteiger partial charge in [0.1, 0.15) is 0 Å². The summed E-state index contributed by atoms with van der Waals surface area (Å²) in [6, 6.07) is 13.3. The van der Waals surface area contributed by atoms with E-state index in [-0.39, 0.29) is 29.6 Å². The van der Waals surface area contributed by atoms with Crippen molar-refractivity contribution in [3.05, 3.63) is 65.2 Å². The molecule has 0 aliphatic heterocycles. The number of aryl methyl sites for hydroxylation is 2. The van der Waals surface area contributed by atoms with E-state index in [9.17, 15) is 22.8 Å². The van der Waals surface area contributed by atoms with Gasteiger partial charge in [-0.3, -0.25) is 14.4 Å². The number of ketones is 1. The number of sulfonamides is 1. The lowest BCUT2D eigenvalue weighted by Crippen LogP contribution is -2.27. The van der Waals surface area contributed by atoms with E-state index < -0.39 is 22.6 Å². The first kappa shape index (κ1) is 25.2. The molecule has 2 aromatic rings. The van der Waals surface area contributed by atoms with E-state index >= 15 is 0 Å². The van der Waals surface area contributed by atoms with Crippen molar-refractivity contribution in [2.45, 2.75) is 38.0 Å². The average Bonchev–Trinajstić information content (AvgIpc) is 2.75. The number of carbonyl (C=O) groups is 3. The average molecular weight is 461 g/mol. The van der Waals surface area contributed by atoms with E-state index in [0.29, 0.717) is 12.1 Å². The van der Waals surface area contributed by atoms with Crippen LogP contribution in [0.3, 0.4) is 0 Å². The van der Waals surface area contributed by atoms with Crippen molar-refractivity contribution in [1.82, 2.24) is 10.0 Å². The maximum Gasteiger partial charge on any atom is 0.307 e. The molecule has 0 spiro atoms. The van der Waals surface area contributed by atoms with Gasteiger partial charge in [0.15, 0.2) is 12.4 Å². The van der Waals surface area contributed by atoms with Gasteiger partial charge in [-0.25, -0.2) is 13.1 Å². The van der Waals surface area contributed by atoms with Gasteiger partial charge >= 0.3 is 5.97 Å². The second-order valence-electron chi connectivity index (χ2n) is 7.33. The van der Waals surface area contributed by atoms with E-state index in [4.69, 9.17) is 4.74 Å². The molecule has 0 radical (unpaired) electrons. The van der Waals surface area contributed by atoms with Crippen LogP contribution in [0.25, 0.3) is 0 Å². The standard InChI is InChI=1S/C23H28N2O6S/c1-17-5-11-21(12-6-17)32(29,30)25-15-13-23(28)31-16-22(27)20-9-7-19(8-10-20)4-3-14-24-18(2)26/h5-12,25H,3-4,13-16H2,1-2H3,(H,24,26). The zero-order valence-electron chi connectivity index (χ0n) is 18.2. The summed E-state index contributed by atoms with van der Waals surface area (Å²) in [5.74, 6) is -1.08. The summed E-state index contributed by atoms with van der Waals surface area (Å²) in [6.07, 6.45) is 1.37. The molecule has 32 heavy (non-hydrogen) atoms. The Labute approximate surface area is 188 Å². The molecule has 9 heteroatoms. The summed E-state index contributed by atoms with van der Waals surface area (Å²) in [7, 11) is -3.71. The van der Waals surface area contributed by atoms with E-state index in [2.05, 4.69) is 10.0 Å². The van der Waals surface area contributed by atoms with Crippen molar-refractivity contribution in [2.75, 3.05) is 19.7 Å². The van der Waals surface area contributed by atoms with E-state index in [1.165, 1.54) is 19.1 Å². The molecule has 0 atom stereocenters. The number of nitrogens with one attached hydrogen (secondary N) is 2. The van der Waals surface area contributed by atoms with Crippen LogP contribution in [-0.4, -0.2) is 45.8 Å². The largest absolute Gasteiger partial charge is 0.457 e. The van der Waals surface area contributed by atoms with Crippen LogP contribution in [0.2, 0.25) is 0 Å². The monoisotopic (exact) mass is 460 g/mol. The lowest BCUT2D eigenvalue weighted by atomic mass is 10.1. The normalized spacial score (nSPS) is 11.1. The van der Waals surface area contributed by atoms with Crippen molar-refractivity contribution >= 4 is 27.7 Å². The van der Waals surface area contributed by atoms with Crippen LogP contribution >= 0.6 is 0 Å². The SMILES string of the molecule is CC(=O)NCCCc1ccc(C(=O)COC(=O)CCNS(=O)(=O)c2ccc(C)cc2)cc1. The number of Topliss-reactive ketones (excluding diaryl/α,β-unsaturated/α-hetero) is 1. The molecular weight excluding hydrogens is 432 g/mol. The summed E-state index contributed by atoms with van der Waals surface area (Å²) in [6.45, 7) is 3.37. The summed E-state index contributed by atoms with van der Waals surface area (Å²) >= 11 is 0. The molecule has 0 fully saturated rings. The zero-order valence-corrected chi connectivity index (χ0v) is 19.0. The van der Waals surface area contributed by atoms with Crippen molar-refractivity contribution in [2.24, 2.45) is 0 Å². The molecule has 2 rings (SSSR count). The Bertz CT molecular complexity index is 1030. The lowest BCUT2D eigenvalue weighted by Gasteiger charge is -2.08. The Hall–Kier alpha value is -3.04. The van der Waals surface area contributed by atoms with Gasteiger partial charge in [0.05, 0.1) is 11.3 Å².